The van der Waals surface area contributed by atoms with Crippen molar-refractivity contribution in [2.45, 2.75) is 0 Å². The highest BCUT2D eigenvalue weighted by Gasteiger charge is 2.10. The largest absolute Gasteiger partial charge is 0.481 e. The third-order valence-electron chi connectivity index (χ3n) is 2.80. The average Bonchev–Trinajstić information content (AvgIpc) is 2.44. The molecule has 20 heavy (non-hydrogen) atoms. The Morgan fingerprint density at radius 3 is 2.80 bits per heavy atom. The highest BCUT2D eigenvalue weighted by Crippen LogP contribution is 2.31. The minimum Gasteiger partial charge on any atom is -0.481 e. The minimum atomic E-state index is -0.233. The molecule has 0 saturated carbocycles. The second kappa shape index (κ2) is 6.17. The van der Waals surface area contributed by atoms with Crippen molar-refractivity contribution in [1.82, 2.24) is 4.57 Å². The molecule has 3 nitrogen and oxygen atoms in total. The first-order valence-corrected chi connectivity index (χ1v) is 6.93. The molecule has 0 aliphatic heterocycles. The van der Waals surface area contributed by atoms with E-state index in [1.807, 2.05) is 12.1 Å². The monoisotopic (exact) mass is 351 g/mol. The molecule has 0 aliphatic carbocycles. The molecule has 0 amide bonds. The number of benzene rings is 1. The summed E-state index contributed by atoms with van der Waals surface area (Å²) in [5.74, 6) is 3.07. The lowest BCUT2D eigenvalue weighted by Crippen LogP contribution is -2.18. The van der Waals surface area contributed by atoms with Gasteiger partial charge in [-0.3, -0.25) is 4.79 Å². The second-order valence-electron chi connectivity index (χ2n) is 4.07. The normalized spacial score (nSPS) is 10.1. The third-order valence-corrected chi connectivity index (χ3v) is 3.74. The van der Waals surface area contributed by atoms with Gasteiger partial charge in [-0.25, -0.2) is 0 Å². The third kappa shape index (κ3) is 2.90. The highest BCUT2D eigenvalue weighted by molar-refractivity contribution is 9.10. The van der Waals surface area contributed by atoms with E-state index in [2.05, 4.69) is 21.9 Å². The van der Waals surface area contributed by atoms with Crippen LogP contribution in [-0.4, -0.2) is 11.2 Å². The maximum Gasteiger partial charge on any atom is 0.269 e. The van der Waals surface area contributed by atoms with E-state index in [9.17, 15) is 4.79 Å². The van der Waals surface area contributed by atoms with E-state index in [0.29, 0.717) is 5.75 Å². The van der Waals surface area contributed by atoms with E-state index in [4.69, 9.17) is 22.8 Å². The van der Waals surface area contributed by atoms with Gasteiger partial charge in [0, 0.05) is 17.1 Å². The van der Waals surface area contributed by atoms with Crippen molar-refractivity contribution in [3.05, 3.63) is 50.2 Å². The molecule has 0 saturated heterocycles. The number of hydrogen-bond donors (Lipinski definition) is 0. The van der Waals surface area contributed by atoms with E-state index in [0.717, 1.165) is 15.7 Å². The van der Waals surface area contributed by atoms with Crippen LogP contribution in [0.3, 0.4) is 0 Å². The summed E-state index contributed by atoms with van der Waals surface area (Å²) < 4.78 is 7.66. The smallest absolute Gasteiger partial charge is 0.269 e. The number of ether oxygens (including phenoxy) is 1. The molecule has 0 unspecified atom stereocenters. The Labute approximate surface area is 130 Å². The molecule has 2 aromatic rings. The Kier molecular flexibility index (Phi) is 4.53. The zero-order chi connectivity index (χ0) is 14.7. The maximum absolute atomic E-state index is 11.9. The van der Waals surface area contributed by atoms with Crippen LogP contribution in [0, 0.1) is 12.3 Å². The molecule has 0 N–H and O–H groups in total. The van der Waals surface area contributed by atoms with Gasteiger partial charge >= 0.3 is 0 Å². The zero-order valence-electron chi connectivity index (χ0n) is 10.7. The van der Waals surface area contributed by atoms with E-state index in [1.165, 1.54) is 4.57 Å². The molecule has 0 aliphatic rings. The van der Waals surface area contributed by atoms with Gasteiger partial charge in [0.25, 0.3) is 5.56 Å². The van der Waals surface area contributed by atoms with Crippen molar-refractivity contribution < 1.29 is 4.74 Å². The zero-order valence-corrected chi connectivity index (χ0v) is 13.0. The van der Waals surface area contributed by atoms with Crippen molar-refractivity contribution in [1.29, 1.82) is 0 Å². The van der Waals surface area contributed by atoms with Gasteiger partial charge in [0.05, 0.1) is 5.69 Å². The lowest BCUT2D eigenvalue weighted by atomic mass is 10.1. The molecule has 2 rings (SSSR count). The fourth-order valence-electron chi connectivity index (χ4n) is 1.79. The fourth-order valence-corrected chi connectivity index (χ4v) is 2.54. The van der Waals surface area contributed by atoms with Crippen LogP contribution in [0.4, 0.5) is 0 Å². The summed E-state index contributed by atoms with van der Waals surface area (Å²) in [6.45, 7) is 0.214. The number of aromatic nitrogens is 1. The van der Waals surface area contributed by atoms with E-state index in [1.54, 1.807) is 25.2 Å². The minimum absolute atomic E-state index is 0.196. The molecule has 1 heterocycles. The van der Waals surface area contributed by atoms with Gasteiger partial charge in [-0.05, 0) is 46.3 Å². The van der Waals surface area contributed by atoms with Gasteiger partial charge in [0.2, 0.25) is 0 Å². The Hall–Kier alpha value is -1.70. The first-order chi connectivity index (χ1) is 9.54. The summed E-state index contributed by atoms with van der Waals surface area (Å²) in [7, 11) is 1.68. The van der Waals surface area contributed by atoms with Crippen LogP contribution in [0.15, 0.2) is 39.6 Å². The van der Waals surface area contributed by atoms with Crippen molar-refractivity contribution in [2.24, 2.45) is 7.05 Å². The van der Waals surface area contributed by atoms with E-state index in [-0.39, 0.29) is 17.2 Å². The fraction of sp³-hybridized carbons (Fsp3) is 0.133. The van der Waals surface area contributed by atoms with Crippen LogP contribution in [0.5, 0.6) is 5.75 Å². The van der Waals surface area contributed by atoms with Crippen molar-refractivity contribution in [3.63, 3.8) is 0 Å². The molecule has 0 radical (unpaired) electrons. The first kappa shape index (κ1) is 14.7. The van der Waals surface area contributed by atoms with Crippen molar-refractivity contribution in [3.8, 4) is 29.4 Å². The van der Waals surface area contributed by atoms with Gasteiger partial charge in [-0.2, -0.15) is 0 Å². The topological polar surface area (TPSA) is 31.2 Å². The predicted octanol–water partition coefficient (Wildman–Crippen LogP) is 3.48. The SMILES string of the molecule is C#CCOc1ccc(-c2ccc(Cl)c(=O)n2C)c(Br)c1. The molecule has 0 bridgehead atoms. The molecule has 0 atom stereocenters. The van der Waals surface area contributed by atoms with Crippen LogP contribution < -0.4 is 10.3 Å². The lowest BCUT2D eigenvalue weighted by molar-refractivity contribution is 0.370. The molecule has 5 heteroatoms. The van der Waals surface area contributed by atoms with Crippen LogP contribution in [0.25, 0.3) is 11.3 Å². The molecular weight excluding hydrogens is 342 g/mol. The Balaban J connectivity index is 2.47. The van der Waals surface area contributed by atoms with Crippen LogP contribution in [0.2, 0.25) is 5.02 Å². The number of nitrogens with zero attached hydrogens (tertiary/aromatic N) is 1. The number of pyridine rings is 1. The summed E-state index contributed by atoms with van der Waals surface area (Å²) in [6.07, 6.45) is 5.15. The van der Waals surface area contributed by atoms with Gasteiger partial charge in [0.1, 0.15) is 17.4 Å². The van der Waals surface area contributed by atoms with Crippen LogP contribution in [-0.2, 0) is 7.05 Å². The van der Waals surface area contributed by atoms with Gasteiger partial charge in [-0.15, -0.1) is 6.42 Å². The van der Waals surface area contributed by atoms with Gasteiger partial charge in [0.15, 0.2) is 0 Å². The summed E-state index contributed by atoms with van der Waals surface area (Å²) in [4.78, 5) is 11.9. The maximum atomic E-state index is 11.9. The van der Waals surface area contributed by atoms with Gasteiger partial charge in [-0.1, -0.05) is 17.5 Å². The summed E-state index contributed by atoms with van der Waals surface area (Å²) >= 11 is 9.28. The molecule has 102 valence electrons. The molecule has 0 fully saturated rings. The van der Waals surface area contributed by atoms with E-state index < -0.39 is 0 Å². The summed E-state index contributed by atoms with van der Waals surface area (Å²) in [5, 5.41) is 0.196. The summed E-state index contributed by atoms with van der Waals surface area (Å²) in [6, 6.07) is 8.86. The number of halogens is 2. The average molecular weight is 353 g/mol. The number of rotatable bonds is 3. The molecular formula is C15H11BrClNO2. The summed E-state index contributed by atoms with van der Waals surface area (Å²) in [5.41, 5.74) is 1.40. The molecule has 1 aromatic carbocycles. The Morgan fingerprint density at radius 1 is 1.40 bits per heavy atom. The second-order valence-corrected chi connectivity index (χ2v) is 5.33. The van der Waals surface area contributed by atoms with Crippen LogP contribution in [0.1, 0.15) is 0 Å². The predicted molar refractivity (Wildman–Crippen MR) is 84.2 cm³/mol. The molecule has 0 spiro atoms. The lowest BCUT2D eigenvalue weighted by Gasteiger charge is -2.11. The van der Waals surface area contributed by atoms with Crippen molar-refractivity contribution >= 4 is 27.5 Å². The first-order valence-electron chi connectivity index (χ1n) is 5.76. The standard InChI is InChI=1S/C15H11BrClNO2/c1-3-8-20-10-4-5-11(12(16)9-10)14-7-6-13(17)15(19)18(14)2/h1,4-7,9H,8H2,2H3. The number of terminal acetylenes is 1. The quantitative estimate of drug-likeness (QED) is 0.792. The Morgan fingerprint density at radius 2 is 2.15 bits per heavy atom. The number of hydrogen-bond acceptors (Lipinski definition) is 2. The highest BCUT2D eigenvalue weighted by atomic mass is 79.9. The van der Waals surface area contributed by atoms with E-state index >= 15 is 0 Å². The van der Waals surface area contributed by atoms with Gasteiger partial charge < -0.3 is 9.30 Å². The Bertz CT molecular complexity index is 747. The van der Waals surface area contributed by atoms with Crippen molar-refractivity contribution in [2.75, 3.05) is 6.61 Å². The van der Waals surface area contributed by atoms with Crippen LogP contribution >= 0.6 is 27.5 Å². The molecule has 1 aromatic heterocycles.